The van der Waals surface area contributed by atoms with Crippen LogP contribution in [0.25, 0.3) is 0 Å². The van der Waals surface area contributed by atoms with Crippen molar-refractivity contribution in [3.8, 4) is 0 Å². The van der Waals surface area contributed by atoms with E-state index in [1.165, 1.54) is 18.3 Å². The van der Waals surface area contributed by atoms with E-state index < -0.39 is 0 Å². The highest BCUT2D eigenvalue weighted by molar-refractivity contribution is 5.87. The van der Waals surface area contributed by atoms with E-state index in [1.807, 2.05) is 33.9 Å². The lowest BCUT2D eigenvalue weighted by molar-refractivity contribution is 0.157. The number of hydrogen-bond donors (Lipinski definition) is 3. The first kappa shape index (κ1) is 27.4. The van der Waals surface area contributed by atoms with E-state index in [0.717, 1.165) is 28.9 Å². The normalized spacial score (nSPS) is 12.9. The third kappa shape index (κ3) is 7.31. The van der Waals surface area contributed by atoms with Crippen molar-refractivity contribution in [2.75, 3.05) is 18.9 Å². The lowest BCUT2D eigenvalue weighted by atomic mass is 9.71. The highest BCUT2D eigenvalue weighted by atomic mass is 19.1. The summed E-state index contributed by atoms with van der Waals surface area (Å²) in [7, 11) is 1.82. The fourth-order valence-corrected chi connectivity index (χ4v) is 3.95. The molecule has 34 heavy (non-hydrogen) atoms. The van der Waals surface area contributed by atoms with Gasteiger partial charge in [-0.05, 0) is 86.4 Å². The van der Waals surface area contributed by atoms with Crippen LogP contribution in [0.15, 0.2) is 42.5 Å². The average Bonchev–Trinajstić information content (AvgIpc) is 2.76. The van der Waals surface area contributed by atoms with Crippen molar-refractivity contribution in [3.05, 3.63) is 59.4 Å². The Balaban J connectivity index is 2.29. The Morgan fingerprint density at radius 2 is 1.71 bits per heavy atom. The van der Waals surface area contributed by atoms with E-state index in [4.69, 9.17) is 5.41 Å². The van der Waals surface area contributed by atoms with Gasteiger partial charge in [-0.25, -0.2) is 9.18 Å². The molecule has 0 aliphatic heterocycles. The minimum Gasteiger partial charge on any atom is -0.355 e. The summed E-state index contributed by atoms with van der Waals surface area (Å²) in [6, 6.07) is 12.2. The third-order valence-corrected chi connectivity index (χ3v) is 6.41. The smallest absolute Gasteiger partial charge is 0.317 e. The lowest BCUT2D eigenvalue weighted by Crippen LogP contribution is -2.50. The molecule has 0 aromatic heterocycles. The number of amides is 2. The maximum absolute atomic E-state index is 13.3. The minimum absolute atomic E-state index is 0.0806. The Labute approximate surface area is 204 Å². The van der Waals surface area contributed by atoms with Gasteiger partial charge in [-0.3, -0.25) is 0 Å². The van der Waals surface area contributed by atoms with Crippen LogP contribution in [-0.2, 0) is 0 Å². The molecule has 1 unspecified atom stereocenters. The van der Waals surface area contributed by atoms with Crippen LogP contribution >= 0.6 is 0 Å². The number of urea groups is 1. The van der Waals surface area contributed by atoms with E-state index in [1.54, 1.807) is 17.0 Å². The van der Waals surface area contributed by atoms with Crippen molar-refractivity contribution in [2.24, 2.45) is 11.3 Å². The molecule has 2 amide bonds. The number of anilines is 2. The van der Waals surface area contributed by atoms with Crippen LogP contribution in [0.2, 0.25) is 0 Å². The van der Waals surface area contributed by atoms with Gasteiger partial charge >= 0.3 is 6.03 Å². The predicted molar refractivity (Wildman–Crippen MR) is 141 cm³/mol. The molecule has 0 saturated heterocycles. The number of rotatable bonds is 9. The van der Waals surface area contributed by atoms with Gasteiger partial charge in [0.25, 0.3) is 0 Å². The molecule has 3 N–H and O–H groups in total. The van der Waals surface area contributed by atoms with Crippen molar-refractivity contribution in [3.63, 3.8) is 0 Å². The maximum Gasteiger partial charge on any atom is 0.317 e. The second-order valence-corrected chi connectivity index (χ2v) is 11.2. The first-order chi connectivity index (χ1) is 15.7. The third-order valence-electron chi connectivity index (χ3n) is 6.41. The number of nitrogens with zero attached hydrogens (tertiary/aromatic N) is 1. The van der Waals surface area contributed by atoms with Crippen LogP contribution in [0.4, 0.5) is 20.6 Å². The van der Waals surface area contributed by atoms with Crippen molar-refractivity contribution in [1.29, 1.82) is 5.41 Å². The number of benzene rings is 2. The van der Waals surface area contributed by atoms with Gasteiger partial charge in [0.05, 0.1) is 0 Å². The second kappa shape index (κ2) is 11.0. The zero-order valence-electron chi connectivity index (χ0n) is 21.9. The van der Waals surface area contributed by atoms with Gasteiger partial charge < -0.3 is 20.9 Å². The largest absolute Gasteiger partial charge is 0.355 e. The van der Waals surface area contributed by atoms with E-state index in [2.05, 4.69) is 50.5 Å². The Morgan fingerprint density at radius 3 is 2.24 bits per heavy atom. The molecule has 0 saturated carbocycles. The molecule has 186 valence electrons. The molecular weight excluding hydrogens is 427 g/mol. The van der Waals surface area contributed by atoms with Gasteiger partial charge in [0.1, 0.15) is 5.82 Å². The topological polar surface area (TPSA) is 68.2 Å². The van der Waals surface area contributed by atoms with Crippen LogP contribution < -0.4 is 10.6 Å². The summed E-state index contributed by atoms with van der Waals surface area (Å²) in [6.45, 7) is 15.4. The molecular formula is C28H41FN4O. The Bertz CT molecular complexity index is 977. The molecule has 0 radical (unpaired) electrons. The molecule has 2 aromatic carbocycles. The average molecular weight is 469 g/mol. The van der Waals surface area contributed by atoms with E-state index in [-0.39, 0.29) is 28.7 Å². The molecule has 2 aromatic rings. The SMILES string of the molecule is CC(C)CC(c1ccc(Nc2ccc(F)cc2)c(C=N)c1)C(C)(C)CNC(=O)N(C)C(C)(C)C. The molecule has 0 aliphatic carbocycles. The molecule has 0 spiro atoms. The lowest BCUT2D eigenvalue weighted by Gasteiger charge is -2.38. The first-order valence-electron chi connectivity index (χ1n) is 11.9. The highest BCUT2D eigenvalue weighted by Gasteiger charge is 2.33. The predicted octanol–water partition coefficient (Wildman–Crippen LogP) is 7.16. The molecule has 0 heterocycles. The van der Waals surface area contributed by atoms with Gasteiger partial charge in [0.15, 0.2) is 0 Å². The number of carbonyl (C=O) groups is 1. The molecule has 5 nitrogen and oxygen atoms in total. The van der Waals surface area contributed by atoms with Gasteiger partial charge in [0, 0.05) is 42.3 Å². The van der Waals surface area contributed by atoms with E-state index in [9.17, 15) is 9.18 Å². The summed E-state index contributed by atoms with van der Waals surface area (Å²) in [5.74, 6) is 0.372. The summed E-state index contributed by atoms with van der Waals surface area (Å²) in [5, 5.41) is 14.4. The molecule has 1 atom stereocenters. The maximum atomic E-state index is 13.3. The fraction of sp³-hybridized carbons (Fsp3) is 0.500. The van der Waals surface area contributed by atoms with Crippen LogP contribution in [0.1, 0.15) is 71.9 Å². The summed E-state index contributed by atoms with van der Waals surface area (Å²) in [6.07, 6.45) is 2.30. The summed E-state index contributed by atoms with van der Waals surface area (Å²) >= 11 is 0. The van der Waals surface area contributed by atoms with Crippen molar-refractivity contribution < 1.29 is 9.18 Å². The van der Waals surface area contributed by atoms with Gasteiger partial charge in [-0.1, -0.05) is 33.8 Å². The number of nitrogens with one attached hydrogen (secondary N) is 3. The van der Waals surface area contributed by atoms with Crippen molar-refractivity contribution >= 4 is 23.6 Å². The quantitative estimate of drug-likeness (QED) is 0.342. The van der Waals surface area contributed by atoms with E-state index in [0.29, 0.717) is 12.5 Å². The van der Waals surface area contributed by atoms with Gasteiger partial charge in [0.2, 0.25) is 0 Å². The molecule has 2 rings (SSSR count). The Hall–Kier alpha value is -2.89. The van der Waals surface area contributed by atoms with Gasteiger partial charge in [-0.15, -0.1) is 0 Å². The summed E-state index contributed by atoms with van der Waals surface area (Å²) < 4.78 is 13.3. The van der Waals surface area contributed by atoms with Crippen molar-refractivity contribution in [2.45, 2.75) is 66.3 Å². The zero-order chi connectivity index (χ0) is 25.7. The number of hydrogen-bond acceptors (Lipinski definition) is 3. The zero-order valence-corrected chi connectivity index (χ0v) is 21.9. The minimum atomic E-state index is -0.285. The van der Waals surface area contributed by atoms with Gasteiger partial charge in [-0.2, -0.15) is 0 Å². The van der Waals surface area contributed by atoms with E-state index >= 15 is 0 Å². The fourth-order valence-electron chi connectivity index (χ4n) is 3.95. The van der Waals surface area contributed by atoms with Crippen LogP contribution in [0, 0.1) is 22.6 Å². The Morgan fingerprint density at radius 1 is 1.09 bits per heavy atom. The second-order valence-electron chi connectivity index (χ2n) is 11.2. The van der Waals surface area contributed by atoms with Crippen LogP contribution in [0.5, 0.6) is 0 Å². The van der Waals surface area contributed by atoms with Crippen molar-refractivity contribution in [1.82, 2.24) is 10.2 Å². The first-order valence-corrected chi connectivity index (χ1v) is 11.9. The summed E-state index contributed by atoms with van der Waals surface area (Å²) in [4.78, 5) is 14.4. The molecule has 6 heteroatoms. The van der Waals surface area contributed by atoms with Crippen LogP contribution in [-0.4, -0.2) is 36.3 Å². The Kier molecular flexibility index (Phi) is 8.87. The molecule has 0 bridgehead atoms. The standard InChI is InChI=1S/C28H41FN4O/c1-19(2)15-24(28(6,7)18-31-26(34)33(8)27(3,4)5)20-9-14-25(21(16-20)17-30)32-23-12-10-22(29)11-13-23/h9-14,16-17,19,24,30,32H,15,18H2,1-8H3,(H,31,34). The number of carbonyl (C=O) groups excluding carboxylic acids is 1. The molecule has 0 aliphatic rings. The summed E-state index contributed by atoms with van der Waals surface area (Å²) in [5.41, 5.74) is 3.01. The highest BCUT2D eigenvalue weighted by Crippen LogP contribution is 2.41. The monoisotopic (exact) mass is 468 g/mol. The molecule has 0 fully saturated rings. The number of halogens is 1. The van der Waals surface area contributed by atoms with Crippen LogP contribution in [0.3, 0.4) is 0 Å².